The molecule has 2 aromatic rings. The van der Waals surface area contributed by atoms with Gasteiger partial charge in [0.2, 0.25) is 0 Å². The van der Waals surface area contributed by atoms with Gasteiger partial charge < -0.3 is 14.6 Å². The van der Waals surface area contributed by atoms with Crippen LogP contribution >= 0.6 is 0 Å². The lowest BCUT2D eigenvalue weighted by molar-refractivity contribution is -0.153. The molecule has 0 unspecified atom stereocenters. The van der Waals surface area contributed by atoms with E-state index in [1.165, 1.54) is 6.07 Å². The molecule has 0 spiro atoms. The van der Waals surface area contributed by atoms with Gasteiger partial charge in [-0.15, -0.1) is 0 Å². The molecular formula is C14H16F3N3O. The standard InChI is InChI=1S/C14H16F3N3O/c1-20-10-19-8-12(20)7-18-6-11-3-2-4-13(5-11)21-9-14(15,16)17/h2-5,8,10,18H,6-7,9H2,1H3. The van der Waals surface area contributed by atoms with Crippen molar-refractivity contribution in [1.29, 1.82) is 0 Å². The molecular weight excluding hydrogens is 283 g/mol. The number of aromatic nitrogens is 2. The van der Waals surface area contributed by atoms with Crippen molar-refractivity contribution in [2.75, 3.05) is 6.61 Å². The summed E-state index contributed by atoms with van der Waals surface area (Å²) in [5, 5.41) is 3.21. The zero-order valence-electron chi connectivity index (χ0n) is 11.5. The van der Waals surface area contributed by atoms with Crippen molar-refractivity contribution in [3.8, 4) is 5.75 Å². The van der Waals surface area contributed by atoms with E-state index in [0.29, 0.717) is 13.1 Å². The van der Waals surface area contributed by atoms with Crippen molar-refractivity contribution in [2.45, 2.75) is 19.3 Å². The summed E-state index contributed by atoms with van der Waals surface area (Å²) in [5.41, 5.74) is 1.89. The normalized spacial score (nSPS) is 11.6. The number of rotatable bonds is 6. The van der Waals surface area contributed by atoms with E-state index < -0.39 is 12.8 Å². The highest BCUT2D eigenvalue weighted by molar-refractivity contribution is 5.28. The molecule has 2 rings (SSSR count). The maximum absolute atomic E-state index is 12.1. The Morgan fingerprint density at radius 3 is 2.76 bits per heavy atom. The van der Waals surface area contributed by atoms with E-state index in [1.54, 1.807) is 24.7 Å². The minimum atomic E-state index is -4.33. The fourth-order valence-corrected chi connectivity index (χ4v) is 1.80. The molecule has 0 aliphatic heterocycles. The third-order valence-corrected chi connectivity index (χ3v) is 2.85. The Morgan fingerprint density at radius 2 is 2.10 bits per heavy atom. The Balaban J connectivity index is 1.85. The zero-order valence-corrected chi connectivity index (χ0v) is 11.5. The lowest BCUT2D eigenvalue weighted by Crippen LogP contribution is -2.19. The van der Waals surface area contributed by atoms with Gasteiger partial charge in [-0.05, 0) is 17.7 Å². The Hall–Kier alpha value is -2.02. The van der Waals surface area contributed by atoms with Crippen LogP contribution in [0.1, 0.15) is 11.3 Å². The van der Waals surface area contributed by atoms with Crippen molar-refractivity contribution in [2.24, 2.45) is 7.05 Å². The predicted octanol–water partition coefficient (Wildman–Crippen LogP) is 2.65. The monoisotopic (exact) mass is 299 g/mol. The topological polar surface area (TPSA) is 39.1 Å². The van der Waals surface area contributed by atoms with E-state index in [1.807, 2.05) is 17.7 Å². The highest BCUT2D eigenvalue weighted by Gasteiger charge is 2.28. The molecule has 21 heavy (non-hydrogen) atoms. The molecule has 0 aliphatic carbocycles. The molecule has 0 atom stereocenters. The van der Waals surface area contributed by atoms with Crippen LogP contribution in [0, 0.1) is 0 Å². The largest absolute Gasteiger partial charge is 0.484 e. The molecule has 0 fully saturated rings. The summed E-state index contributed by atoms with van der Waals surface area (Å²) >= 11 is 0. The maximum Gasteiger partial charge on any atom is 0.422 e. The van der Waals surface area contributed by atoms with Crippen LogP contribution in [-0.2, 0) is 20.1 Å². The molecule has 114 valence electrons. The van der Waals surface area contributed by atoms with Crippen LogP contribution in [-0.4, -0.2) is 22.3 Å². The van der Waals surface area contributed by atoms with Gasteiger partial charge in [0.15, 0.2) is 6.61 Å². The van der Waals surface area contributed by atoms with Crippen LogP contribution in [0.3, 0.4) is 0 Å². The first-order valence-corrected chi connectivity index (χ1v) is 6.38. The lowest BCUT2D eigenvalue weighted by Gasteiger charge is -2.10. The van der Waals surface area contributed by atoms with Gasteiger partial charge in [0, 0.05) is 26.3 Å². The molecule has 1 aromatic heterocycles. The Bertz CT molecular complexity index is 581. The molecule has 1 N–H and O–H groups in total. The number of ether oxygens (including phenoxy) is 1. The first-order valence-electron chi connectivity index (χ1n) is 6.38. The van der Waals surface area contributed by atoms with Crippen LogP contribution in [0.5, 0.6) is 5.75 Å². The summed E-state index contributed by atoms with van der Waals surface area (Å²) in [4.78, 5) is 4.01. The van der Waals surface area contributed by atoms with Gasteiger partial charge in [0.1, 0.15) is 5.75 Å². The van der Waals surface area contributed by atoms with Crippen LogP contribution in [0.4, 0.5) is 13.2 Å². The number of alkyl halides is 3. The SMILES string of the molecule is Cn1cncc1CNCc1cccc(OCC(F)(F)F)c1. The van der Waals surface area contributed by atoms with Gasteiger partial charge in [-0.1, -0.05) is 12.1 Å². The average molecular weight is 299 g/mol. The summed E-state index contributed by atoms with van der Waals surface area (Å²) in [7, 11) is 1.90. The average Bonchev–Trinajstić information content (AvgIpc) is 2.82. The predicted molar refractivity (Wildman–Crippen MR) is 71.7 cm³/mol. The summed E-state index contributed by atoms with van der Waals surface area (Å²) in [6.07, 6.45) is -0.855. The maximum atomic E-state index is 12.1. The quantitative estimate of drug-likeness (QED) is 0.891. The highest BCUT2D eigenvalue weighted by atomic mass is 19.4. The van der Waals surface area contributed by atoms with Crippen molar-refractivity contribution in [3.63, 3.8) is 0 Å². The van der Waals surface area contributed by atoms with Crippen LogP contribution in [0.25, 0.3) is 0 Å². The number of imidazole rings is 1. The van der Waals surface area contributed by atoms with E-state index in [2.05, 4.69) is 10.3 Å². The number of nitrogens with zero attached hydrogens (tertiary/aromatic N) is 2. The van der Waals surface area contributed by atoms with Crippen LogP contribution in [0.15, 0.2) is 36.8 Å². The summed E-state index contributed by atoms with van der Waals surface area (Å²) in [6, 6.07) is 6.61. The second-order valence-electron chi connectivity index (χ2n) is 4.65. The molecule has 0 saturated heterocycles. The van der Waals surface area contributed by atoms with Crippen LogP contribution < -0.4 is 10.1 Å². The zero-order chi connectivity index (χ0) is 15.3. The third kappa shape index (κ3) is 5.11. The van der Waals surface area contributed by atoms with E-state index >= 15 is 0 Å². The van der Waals surface area contributed by atoms with Crippen LogP contribution in [0.2, 0.25) is 0 Å². The molecule has 4 nitrogen and oxygen atoms in total. The van der Waals surface area contributed by atoms with E-state index in [0.717, 1.165) is 11.3 Å². The molecule has 0 bridgehead atoms. The minimum Gasteiger partial charge on any atom is -0.484 e. The molecule has 0 radical (unpaired) electrons. The van der Waals surface area contributed by atoms with Crippen molar-refractivity contribution in [3.05, 3.63) is 48.0 Å². The Labute approximate surface area is 120 Å². The number of halogens is 3. The number of hydrogen-bond acceptors (Lipinski definition) is 3. The minimum absolute atomic E-state index is 0.215. The number of benzene rings is 1. The molecule has 1 aromatic carbocycles. The molecule has 0 amide bonds. The van der Waals surface area contributed by atoms with Gasteiger partial charge in [0.25, 0.3) is 0 Å². The van der Waals surface area contributed by atoms with Gasteiger partial charge in [-0.25, -0.2) is 4.98 Å². The Morgan fingerprint density at radius 1 is 1.29 bits per heavy atom. The van der Waals surface area contributed by atoms with Gasteiger partial charge in [0.05, 0.1) is 12.0 Å². The lowest BCUT2D eigenvalue weighted by atomic mass is 10.2. The summed E-state index contributed by atoms with van der Waals surface area (Å²) < 4.78 is 42.9. The first-order chi connectivity index (χ1) is 9.94. The number of hydrogen-bond donors (Lipinski definition) is 1. The smallest absolute Gasteiger partial charge is 0.422 e. The highest BCUT2D eigenvalue weighted by Crippen LogP contribution is 2.19. The summed E-state index contributed by atoms with van der Waals surface area (Å²) in [6.45, 7) is -0.114. The molecule has 1 heterocycles. The first kappa shape index (κ1) is 15.4. The Kier molecular flexibility index (Phi) is 4.85. The van der Waals surface area contributed by atoms with Gasteiger partial charge >= 0.3 is 6.18 Å². The van der Waals surface area contributed by atoms with Crippen molar-refractivity contribution < 1.29 is 17.9 Å². The van der Waals surface area contributed by atoms with Crippen molar-refractivity contribution in [1.82, 2.24) is 14.9 Å². The van der Waals surface area contributed by atoms with E-state index in [9.17, 15) is 13.2 Å². The summed E-state index contributed by atoms with van der Waals surface area (Å²) in [5.74, 6) is 0.215. The fourth-order valence-electron chi connectivity index (χ4n) is 1.80. The fraction of sp³-hybridized carbons (Fsp3) is 0.357. The van der Waals surface area contributed by atoms with E-state index in [4.69, 9.17) is 4.74 Å². The van der Waals surface area contributed by atoms with Crippen molar-refractivity contribution >= 4 is 0 Å². The third-order valence-electron chi connectivity index (χ3n) is 2.85. The molecule has 7 heteroatoms. The second-order valence-corrected chi connectivity index (χ2v) is 4.65. The van der Waals surface area contributed by atoms with E-state index in [-0.39, 0.29) is 5.75 Å². The molecule has 0 saturated carbocycles. The van der Waals surface area contributed by atoms with Gasteiger partial charge in [-0.2, -0.15) is 13.2 Å². The second kappa shape index (κ2) is 6.62. The number of aryl methyl sites for hydroxylation is 1. The van der Waals surface area contributed by atoms with Gasteiger partial charge in [-0.3, -0.25) is 0 Å². The molecule has 0 aliphatic rings. The number of nitrogens with one attached hydrogen (secondary N) is 1.